The van der Waals surface area contributed by atoms with Gasteiger partial charge < -0.3 is 0 Å². The van der Waals surface area contributed by atoms with E-state index in [1.54, 1.807) is 18.2 Å². The van der Waals surface area contributed by atoms with Crippen LogP contribution in [0.5, 0.6) is 0 Å². The first-order chi connectivity index (χ1) is 9.22. The molecule has 2 saturated carbocycles. The quantitative estimate of drug-likeness (QED) is 0.837. The lowest BCUT2D eigenvalue weighted by molar-refractivity contribution is -0.121. The molecule has 0 N–H and O–H groups in total. The Morgan fingerprint density at radius 3 is 2.58 bits per heavy atom. The molecule has 0 saturated heterocycles. The van der Waals surface area contributed by atoms with Gasteiger partial charge in [-0.15, -0.1) is 0 Å². The summed E-state index contributed by atoms with van der Waals surface area (Å²) in [5.41, 5.74) is 0.739. The molecule has 3 heteroatoms. The maximum atomic E-state index is 12.5. The van der Waals surface area contributed by atoms with Crippen molar-refractivity contribution >= 4 is 17.4 Å². The maximum Gasteiger partial charge on any atom is 0.158 e. The summed E-state index contributed by atoms with van der Waals surface area (Å²) in [6, 6.07) is 9.29. The van der Waals surface area contributed by atoms with E-state index in [1.165, 1.54) is 12.8 Å². The summed E-state index contributed by atoms with van der Waals surface area (Å²) in [7, 11) is 0. The lowest BCUT2D eigenvalue weighted by atomic mass is 9.92. The zero-order valence-corrected chi connectivity index (χ0v) is 11.4. The number of nitriles is 1. The lowest BCUT2D eigenvalue weighted by Crippen LogP contribution is -2.14. The average molecular weight is 274 g/mol. The Bertz CT molecular complexity index is 536. The summed E-state index contributed by atoms with van der Waals surface area (Å²) in [6.07, 6.45) is 4.79. The summed E-state index contributed by atoms with van der Waals surface area (Å²) in [6.45, 7) is 0. The van der Waals surface area contributed by atoms with Gasteiger partial charge in [0.25, 0.3) is 0 Å². The molecule has 1 aromatic carbocycles. The van der Waals surface area contributed by atoms with Crippen molar-refractivity contribution in [2.24, 2.45) is 17.8 Å². The minimum absolute atomic E-state index is 0.113. The Kier molecular flexibility index (Phi) is 3.33. The van der Waals surface area contributed by atoms with Gasteiger partial charge in [-0.1, -0.05) is 36.6 Å². The first kappa shape index (κ1) is 12.7. The number of hydrogen-bond acceptors (Lipinski definition) is 2. The van der Waals surface area contributed by atoms with Crippen LogP contribution in [0.2, 0.25) is 5.02 Å². The van der Waals surface area contributed by atoms with Crippen LogP contribution in [-0.4, -0.2) is 5.78 Å². The van der Waals surface area contributed by atoms with Gasteiger partial charge in [0.15, 0.2) is 5.78 Å². The zero-order chi connectivity index (χ0) is 13.4. The second-order valence-corrected chi connectivity index (χ2v) is 6.09. The van der Waals surface area contributed by atoms with Crippen LogP contribution in [0.15, 0.2) is 24.3 Å². The summed E-state index contributed by atoms with van der Waals surface area (Å²) in [5, 5.41) is 9.92. The van der Waals surface area contributed by atoms with Gasteiger partial charge in [-0.05, 0) is 42.4 Å². The fraction of sp³-hybridized carbons (Fsp3) is 0.500. The van der Waals surface area contributed by atoms with Crippen LogP contribution >= 0.6 is 11.6 Å². The van der Waals surface area contributed by atoms with Crippen molar-refractivity contribution in [2.45, 2.75) is 31.6 Å². The van der Waals surface area contributed by atoms with E-state index in [0.29, 0.717) is 16.9 Å². The third kappa shape index (κ3) is 2.28. The van der Waals surface area contributed by atoms with Crippen molar-refractivity contribution in [2.75, 3.05) is 0 Å². The molecule has 0 amide bonds. The largest absolute Gasteiger partial charge is 0.298 e. The van der Waals surface area contributed by atoms with Crippen molar-refractivity contribution in [1.82, 2.24) is 0 Å². The molecule has 0 aromatic heterocycles. The van der Waals surface area contributed by atoms with Crippen LogP contribution in [0.25, 0.3) is 0 Å². The van der Waals surface area contributed by atoms with E-state index < -0.39 is 5.92 Å². The van der Waals surface area contributed by atoms with Crippen molar-refractivity contribution in [3.05, 3.63) is 34.9 Å². The highest BCUT2D eigenvalue weighted by Gasteiger charge is 2.55. The van der Waals surface area contributed by atoms with Gasteiger partial charge in [-0.3, -0.25) is 4.79 Å². The van der Waals surface area contributed by atoms with E-state index in [4.69, 9.17) is 11.6 Å². The molecule has 0 radical (unpaired) electrons. The van der Waals surface area contributed by atoms with Crippen molar-refractivity contribution < 1.29 is 4.79 Å². The Morgan fingerprint density at radius 2 is 2.00 bits per heavy atom. The second-order valence-electron chi connectivity index (χ2n) is 5.66. The van der Waals surface area contributed by atoms with Gasteiger partial charge in [-0.25, -0.2) is 0 Å². The minimum atomic E-state index is -0.644. The molecular weight excluding hydrogens is 258 g/mol. The molecule has 3 unspecified atom stereocenters. The normalized spacial score (nSPS) is 30.0. The average Bonchev–Trinajstić information content (AvgIpc) is 3.13. The predicted octanol–water partition coefficient (Wildman–Crippen LogP) is 3.95. The standard InChI is InChI=1S/C16H16ClNO/c17-11-5-3-4-10(8-11)14(9-18)16(19)15-12-6-1-2-7-13(12)15/h3-5,8,12-15H,1-2,6-7H2. The fourth-order valence-corrected chi connectivity index (χ4v) is 3.79. The topological polar surface area (TPSA) is 40.9 Å². The number of nitrogens with zero attached hydrogens (tertiary/aromatic N) is 1. The third-order valence-electron chi connectivity index (χ3n) is 4.58. The smallest absolute Gasteiger partial charge is 0.158 e. The molecule has 2 nitrogen and oxygen atoms in total. The molecule has 3 atom stereocenters. The Balaban J connectivity index is 1.80. The third-order valence-corrected chi connectivity index (χ3v) is 4.82. The van der Waals surface area contributed by atoms with Crippen LogP contribution in [0, 0.1) is 29.1 Å². The summed E-state index contributed by atoms with van der Waals surface area (Å²) in [5.74, 6) is 0.703. The molecule has 0 heterocycles. The molecule has 0 spiro atoms. The first-order valence-corrected chi connectivity index (χ1v) is 7.29. The lowest BCUT2D eigenvalue weighted by Gasteiger charge is -2.08. The molecule has 3 rings (SSSR count). The van der Waals surface area contributed by atoms with E-state index in [2.05, 4.69) is 6.07 Å². The highest BCUT2D eigenvalue weighted by atomic mass is 35.5. The molecule has 0 aliphatic heterocycles. The molecule has 0 bridgehead atoms. The van der Waals surface area contributed by atoms with Gasteiger partial charge in [0.05, 0.1) is 6.07 Å². The highest BCUT2D eigenvalue weighted by Crippen LogP contribution is 2.57. The van der Waals surface area contributed by atoms with E-state index in [0.717, 1.165) is 18.4 Å². The zero-order valence-electron chi connectivity index (χ0n) is 10.7. The summed E-state index contributed by atoms with van der Waals surface area (Å²) in [4.78, 5) is 12.5. The highest BCUT2D eigenvalue weighted by molar-refractivity contribution is 6.30. The first-order valence-electron chi connectivity index (χ1n) is 6.91. The van der Waals surface area contributed by atoms with Gasteiger partial charge >= 0.3 is 0 Å². The number of benzene rings is 1. The van der Waals surface area contributed by atoms with E-state index >= 15 is 0 Å². The molecule has 2 aliphatic carbocycles. The fourth-order valence-electron chi connectivity index (χ4n) is 3.60. The summed E-state index contributed by atoms with van der Waals surface area (Å²) < 4.78 is 0. The van der Waals surface area contributed by atoms with E-state index in [1.807, 2.05) is 6.07 Å². The monoisotopic (exact) mass is 273 g/mol. The SMILES string of the molecule is N#CC(C(=O)C1C2CCCCC21)c1cccc(Cl)c1. The second kappa shape index (κ2) is 4.98. The van der Waals surface area contributed by atoms with Crippen LogP contribution in [0.3, 0.4) is 0 Å². The Labute approximate surface area is 118 Å². The number of carbonyl (C=O) groups is 1. The van der Waals surface area contributed by atoms with Crippen molar-refractivity contribution in [3.8, 4) is 6.07 Å². The van der Waals surface area contributed by atoms with Crippen molar-refractivity contribution in [1.29, 1.82) is 5.26 Å². The number of hydrogen-bond donors (Lipinski definition) is 0. The van der Waals surface area contributed by atoms with Crippen molar-refractivity contribution in [3.63, 3.8) is 0 Å². The molecular formula is C16H16ClNO. The van der Waals surface area contributed by atoms with Crippen LogP contribution in [0.1, 0.15) is 37.2 Å². The molecule has 1 aromatic rings. The molecule has 2 fully saturated rings. The Morgan fingerprint density at radius 1 is 1.32 bits per heavy atom. The number of rotatable bonds is 3. The van der Waals surface area contributed by atoms with Gasteiger partial charge in [0, 0.05) is 10.9 Å². The van der Waals surface area contributed by atoms with Gasteiger partial charge in [0.1, 0.15) is 5.92 Å². The van der Waals surface area contributed by atoms with Crippen LogP contribution in [-0.2, 0) is 4.79 Å². The number of ketones is 1. The van der Waals surface area contributed by atoms with E-state index in [9.17, 15) is 10.1 Å². The number of fused-ring (bicyclic) bond motifs is 1. The summed E-state index contributed by atoms with van der Waals surface area (Å²) >= 11 is 5.95. The molecule has 98 valence electrons. The van der Waals surface area contributed by atoms with E-state index in [-0.39, 0.29) is 11.7 Å². The maximum absolute atomic E-state index is 12.5. The van der Waals surface area contributed by atoms with Gasteiger partial charge in [-0.2, -0.15) is 5.26 Å². The molecule has 2 aliphatic rings. The number of halogens is 1. The Hall–Kier alpha value is -1.33. The number of Topliss-reactive ketones (excluding diaryl/α,β-unsaturated/α-hetero) is 1. The number of carbonyl (C=O) groups excluding carboxylic acids is 1. The molecule has 19 heavy (non-hydrogen) atoms. The predicted molar refractivity (Wildman–Crippen MR) is 73.8 cm³/mol. The minimum Gasteiger partial charge on any atom is -0.298 e. The van der Waals surface area contributed by atoms with Crippen LogP contribution in [0.4, 0.5) is 0 Å². The van der Waals surface area contributed by atoms with Gasteiger partial charge in [0.2, 0.25) is 0 Å². The van der Waals surface area contributed by atoms with Crippen LogP contribution < -0.4 is 0 Å².